The molecular weight excluding hydrogens is 390 g/mol. The molecule has 1 N–H and O–H groups in total. The molecular formula is C25H25N3O3. The first-order chi connectivity index (χ1) is 15.1. The van der Waals surface area contributed by atoms with Crippen LogP contribution < -0.4 is 10.1 Å². The average Bonchev–Trinajstić information content (AvgIpc) is 3.19. The molecule has 2 aromatic carbocycles. The van der Waals surface area contributed by atoms with Crippen LogP contribution in [0.3, 0.4) is 0 Å². The Labute approximate surface area is 181 Å². The van der Waals surface area contributed by atoms with Gasteiger partial charge in [0.2, 0.25) is 11.8 Å². The molecule has 6 heteroatoms. The number of nitrogens with zero attached hydrogens (tertiary/aromatic N) is 2. The summed E-state index contributed by atoms with van der Waals surface area (Å²) in [4.78, 5) is 31.5. The third kappa shape index (κ3) is 4.91. The molecule has 2 heterocycles. The third-order valence-electron chi connectivity index (χ3n) is 5.53. The number of hydrogen-bond acceptors (Lipinski definition) is 4. The molecule has 158 valence electrons. The second-order valence-electron chi connectivity index (χ2n) is 7.67. The Morgan fingerprint density at radius 2 is 1.94 bits per heavy atom. The van der Waals surface area contributed by atoms with E-state index in [0.717, 1.165) is 22.4 Å². The molecule has 2 atom stereocenters. The van der Waals surface area contributed by atoms with E-state index in [9.17, 15) is 9.59 Å². The lowest BCUT2D eigenvalue weighted by atomic mass is 9.97. The number of hydrogen-bond donors (Lipinski definition) is 1. The van der Waals surface area contributed by atoms with Crippen molar-refractivity contribution in [1.82, 2.24) is 15.2 Å². The van der Waals surface area contributed by atoms with Crippen LogP contribution in [0.5, 0.6) is 5.75 Å². The Bertz CT molecular complexity index is 1040. The smallest absolute Gasteiger partial charge is 0.226 e. The van der Waals surface area contributed by atoms with Gasteiger partial charge in [-0.3, -0.25) is 14.6 Å². The van der Waals surface area contributed by atoms with E-state index in [2.05, 4.69) is 10.3 Å². The zero-order chi connectivity index (χ0) is 21.6. The van der Waals surface area contributed by atoms with Crippen molar-refractivity contribution in [2.24, 2.45) is 5.92 Å². The first-order valence-corrected chi connectivity index (χ1v) is 10.3. The maximum absolute atomic E-state index is 13.2. The molecule has 3 aromatic rings. The monoisotopic (exact) mass is 415 g/mol. The van der Waals surface area contributed by atoms with Crippen LogP contribution in [0.4, 0.5) is 0 Å². The van der Waals surface area contributed by atoms with Crippen LogP contribution in [0.15, 0.2) is 79.1 Å². The molecule has 0 unspecified atom stereocenters. The molecule has 1 fully saturated rings. The lowest BCUT2D eigenvalue weighted by molar-refractivity contribution is -0.129. The zero-order valence-electron chi connectivity index (χ0n) is 17.4. The van der Waals surface area contributed by atoms with Crippen LogP contribution in [-0.2, 0) is 16.1 Å². The maximum atomic E-state index is 13.2. The van der Waals surface area contributed by atoms with Crippen molar-refractivity contribution in [3.63, 3.8) is 0 Å². The number of methoxy groups -OCH3 is 1. The number of amides is 2. The van der Waals surface area contributed by atoms with E-state index < -0.39 is 0 Å². The number of carbonyl (C=O) groups excluding carboxylic acids is 2. The van der Waals surface area contributed by atoms with Gasteiger partial charge in [0.05, 0.1) is 19.1 Å². The Hall–Kier alpha value is -3.67. The van der Waals surface area contributed by atoms with Crippen LogP contribution in [0.25, 0.3) is 0 Å². The molecule has 1 aliphatic rings. The summed E-state index contributed by atoms with van der Waals surface area (Å²) in [5.74, 6) is 0.202. The normalized spacial score (nSPS) is 16.7. The number of nitrogens with one attached hydrogen (secondary N) is 1. The third-order valence-corrected chi connectivity index (χ3v) is 5.53. The zero-order valence-corrected chi connectivity index (χ0v) is 17.4. The molecule has 6 nitrogen and oxygen atoms in total. The van der Waals surface area contributed by atoms with Gasteiger partial charge in [0.1, 0.15) is 5.75 Å². The first kappa shape index (κ1) is 20.6. The Morgan fingerprint density at radius 1 is 1.13 bits per heavy atom. The number of ether oxygens (including phenoxy) is 1. The van der Waals surface area contributed by atoms with Crippen molar-refractivity contribution in [2.45, 2.75) is 19.0 Å². The van der Waals surface area contributed by atoms with Gasteiger partial charge in [-0.25, -0.2) is 0 Å². The topological polar surface area (TPSA) is 71.5 Å². The average molecular weight is 415 g/mol. The van der Waals surface area contributed by atoms with E-state index in [1.165, 1.54) is 0 Å². The standard InChI is InChI=1S/C25H25N3O3/c1-31-22-11-5-10-20(13-22)24(19-8-3-2-4-9-19)27-25(30)21-14-23(29)28(17-21)16-18-7-6-12-26-15-18/h2-13,15,21,24H,14,16-17H2,1H3,(H,27,30)/t21-,24-/m0/s1. The van der Waals surface area contributed by atoms with Gasteiger partial charge in [0.15, 0.2) is 0 Å². The predicted molar refractivity (Wildman–Crippen MR) is 117 cm³/mol. The summed E-state index contributed by atoms with van der Waals surface area (Å²) in [5, 5.41) is 3.16. The molecule has 0 bridgehead atoms. The first-order valence-electron chi connectivity index (χ1n) is 10.3. The molecule has 2 amide bonds. The lowest BCUT2D eigenvalue weighted by Gasteiger charge is -2.22. The second kappa shape index (κ2) is 9.43. The van der Waals surface area contributed by atoms with E-state index in [1.54, 1.807) is 24.4 Å². The van der Waals surface area contributed by atoms with E-state index >= 15 is 0 Å². The number of aromatic nitrogens is 1. The van der Waals surface area contributed by atoms with Crippen LogP contribution in [0.1, 0.15) is 29.2 Å². The van der Waals surface area contributed by atoms with E-state index in [4.69, 9.17) is 4.74 Å². The van der Waals surface area contributed by atoms with Gasteiger partial charge in [-0.15, -0.1) is 0 Å². The minimum atomic E-state index is -0.388. The lowest BCUT2D eigenvalue weighted by Crippen LogP contribution is -2.36. The molecule has 1 saturated heterocycles. The van der Waals surface area contributed by atoms with Gasteiger partial charge in [0, 0.05) is 31.9 Å². The van der Waals surface area contributed by atoms with Gasteiger partial charge in [0.25, 0.3) is 0 Å². The highest BCUT2D eigenvalue weighted by atomic mass is 16.5. The van der Waals surface area contributed by atoms with Gasteiger partial charge < -0.3 is 15.0 Å². The van der Waals surface area contributed by atoms with Crippen molar-refractivity contribution in [1.29, 1.82) is 0 Å². The summed E-state index contributed by atoms with van der Waals surface area (Å²) in [5.41, 5.74) is 2.85. The van der Waals surface area contributed by atoms with Crippen molar-refractivity contribution in [2.75, 3.05) is 13.7 Å². The highest BCUT2D eigenvalue weighted by molar-refractivity contribution is 5.89. The van der Waals surface area contributed by atoms with Crippen LogP contribution >= 0.6 is 0 Å². The Morgan fingerprint density at radius 3 is 2.68 bits per heavy atom. The van der Waals surface area contributed by atoms with Gasteiger partial charge in [-0.2, -0.15) is 0 Å². The summed E-state index contributed by atoms with van der Waals surface area (Å²) in [6, 6.07) is 20.9. The quantitative estimate of drug-likeness (QED) is 0.642. The van der Waals surface area contributed by atoms with Crippen LogP contribution in [-0.4, -0.2) is 35.4 Å². The number of benzene rings is 2. The van der Waals surface area contributed by atoms with Crippen LogP contribution in [0.2, 0.25) is 0 Å². The van der Waals surface area contributed by atoms with Gasteiger partial charge >= 0.3 is 0 Å². The Kier molecular flexibility index (Phi) is 6.26. The second-order valence-corrected chi connectivity index (χ2v) is 7.67. The molecule has 0 spiro atoms. The van der Waals surface area contributed by atoms with E-state index in [0.29, 0.717) is 13.1 Å². The maximum Gasteiger partial charge on any atom is 0.226 e. The summed E-state index contributed by atoms with van der Waals surface area (Å²) < 4.78 is 5.36. The molecule has 31 heavy (non-hydrogen) atoms. The van der Waals surface area contributed by atoms with Crippen molar-refractivity contribution in [3.05, 3.63) is 95.8 Å². The van der Waals surface area contributed by atoms with Crippen molar-refractivity contribution in [3.8, 4) is 5.75 Å². The van der Waals surface area contributed by atoms with Crippen molar-refractivity contribution < 1.29 is 14.3 Å². The molecule has 1 aromatic heterocycles. The van der Waals surface area contributed by atoms with E-state index in [-0.39, 0.29) is 30.2 Å². The minimum absolute atomic E-state index is 0.0124. The highest BCUT2D eigenvalue weighted by Gasteiger charge is 2.35. The number of pyridine rings is 1. The largest absolute Gasteiger partial charge is 0.497 e. The number of likely N-dealkylation sites (tertiary alicyclic amines) is 1. The number of rotatable bonds is 7. The SMILES string of the molecule is COc1cccc([C@@H](NC(=O)[C@H]2CC(=O)N(Cc3cccnc3)C2)c2ccccc2)c1. The fourth-order valence-corrected chi connectivity index (χ4v) is 3.90. The van der Waals surface area contributed by atoms with Crippen LogP contribution in [0, 0.1) is 5.92 Å². The van der Waals surface area contributed by atoms with Gasteiger partial charge in [-0.1, -0.05) is 48.5 Å². The summed E-state index contributed by atoms with van der Waals surface area (Å²) in [6.07, 6.45) is 3.66. The molecule has 0 aliphatic carbocycles. The molecule has 0 radical (unpaired) electrons. The fourth-order valence-electron chi connectivity index (χ4n) is 3.90. The minimum Gasteiger partial charge on any atom is -0.497 e. The van der Waals surface area contributed by atoms with Crippen molar-refractivity contribution >= 4 is 11.8 Å². The molecule has 1 aliphatic heterocycles. The molecule has 4 rings (SSSR count). The highest BCUT2D eigenvalue weighted by Crippen LogP contribution is 2.27. The summed E-state index contributed by atoms with van der Waals surface area (Å²) in [7, 11) is 1.62. The molecule has 0 saturated carbocycles. The van der Waals surface area contributed by atoms with E-state index in [1.807, 2.05) is 66.7 Å². The summed E-state index contributed by atoms with van der Waals surface area (Å²) >= 11 is 0. The van der Waals surface area contributed by atoms with Gasteiger partial charge in [-0.05, 0) is 34.9 Å². The predicted octanol–water partition coefficient (Wildman–Crippen LogP) is 3.34. The Balaban J connectivity index is 1.50. The fraction of sp³-hybridized carbons (Fsp3) is 0.240. The summed E-state index contributed by atoms with van der Waals surface area (Å²) in [6.45, 7) is 0.869. The number of carbonyl (C=O) groups is 2.